The Labute approximate surface area is 63.6 Å². The molecule has 0 N–H and O–H groups in total. The highest BCUT2D eigenvalue weighted by Crippen LogP contribution is 2.24. The summed E-state index contributed by atoms with van der Waals surface area (Å²) >= 11 is 0. The van der Waals surface area contributed by atoms with Crippen molar-refractivity contribution in [1.29, 1.82) is 0 Å². The lowest BCUT2D eigenvalue weighted by molar-refractivity contribution is 0.459. The molecule has 0 amide bonds. The molecule has 0 aliphatic heterocycles. The predicted molar refractivity (Wildman–Crippen MR) is 45.8 cm³/mol. The molecular formula is C10H16. The van der Waals surface area contributed by atoms with Crippen molar-refractivity contribution in [3.8, 4) is 0 Å². The quantitative estimate of drug-likeness (QED) is 0.486. The van der Waals surface area contributed by atoms with Crippen molar-refractivity contribution in [2.75, 3.05) is 0 Å². The second kappa shape index (κ2) is 3.60. The number of rotatable bonds is 1. The average Bonchev–Trinajstić information content (AvgIpc) is 1.94. The van der Waals surface area contributed by atoms with E-state index >= 15 is 0 Å². The topological polar surface area (TPSA) is 0 Å². The molecule has 0 radical (unpaired) electrons. The van der Waals surface area contributed by atoms with E-state index in [9.17, 15) is 0 Å². The molecule has 2 atom stereocenters. The Kier molecular flexibility index (Phi) is 2.73. The molecule has 0 fully saturated rings. The van der Waals surface area contributed by atoms with Crippen LogP contribution in [0.1, 0.15) is 26.7 Å². The van der Waals surface area contributed by atoms with Gasteiger partial charge < -0.3 is 0 Å². The van der Waals surface area contributed by atoms with Gasteiger partial charge in [-0.05, 0) is 31.6 Å². The molecule has 0 aromatic heterocycles. The Morgan fingerprint density at radius 3 is 2.90 bits per heavy atom. The molecule has 0 bridgehead atoms. The fraction of sp³-hybridized carbons (Fsp3) is 0.600. The summed E-state index contributed by atoms with van der Waals surface area (Å²) in [5.74, 6) is 1.56. The first-order valence-corrected chi connectivity index (χ1v) is 4.14. The zero-order valence-corrected chi connectivity index (χ0v) is 6.88. The van der Waals surface area contributed by atoms with Crippen LogP contribution < -0.4 is 0 Å². The van der Waals surface area contributed by atoms with E-state index in [-0.39, 0.29) is 0 Å². The Morgan fingerprint density at radius 1 is 1.50 bits per heavy atom. The summed E-state index contributed by atoms with van der Waals surface area (Å²) < 4.78 is 0. The first-order chi connectivity index (χ1) is 4.84. The summed E-state index contributed by atoms with van der Waals surface area (Å²) in [6.07, 6.45) is 11.7. The summed E-state index contributed by atoms with van der Waals surface area (Å²) in [5, 5.41) is 0. The number of hydrogen-bond donors (Lipinski definition) is 0. The van der Waals surface area contributed by atoms with Crippen molar-refractivity contribution < 1.29 is 0 Å². The summed E-state index contributed by atoms with van der Waals surface area (Å²) in [6.45, 7) is 4.39. The maximum atomic E-state index is 2.33. The van der Waals surface area contributed by atoms with Crippen LogP contribution in [0.2, 0.25) is 0 Å². The van der Waals surface area contributed by atoms with Crippen molar-refractivity contribution in [1.82, 2.24) is 0 Å². The molecule has 0 aromatic carbocycles. The van der Waals surface area contributed by atoms with E-state index in [1.165, 1.54) is 12.8 Å². The lowest BCUT2D eigenvalue weighted by Gasteiger charge is -2.20. The fourth-order valence-electron chi connectivity index (χ4n) is 1.52. The van der Waals surface area contributed by atoms with E-state index in [0.29, 0.717) is 0 Å². The number of allylic oxidation sites excluding steroid dienone is 4. The largest absolute Gasteiger partial charge is 0.0914 e. The Hall–Kier alpha value is -0.520. The molecule has 0 heteroatoms. The van der Waals surface area contributed by atoms with Crippen LogP contribution in [-0.2, 0) is 0 Å². The lowest BCUT2D eigenvalue weighted by atomic mass is 9.85. The van der Waals surface area contributed by atoms with Gasteiger partial charge in [-0.25, -0.2) is 0 Å². The highest BCUT2D eigenvalue weighted by molar-refractivity contribution is 5.01. The van der Waals surface area contributed by atoms with Gasteiger partial charge >= 0.3 is 0 Å². The molecular weight excluding hydrogens is 120 g/mol. The minimum atomic E-state index is 0.755. The molecule has 0 saturated heterocycles. The molecule has 1 aliphatic rings. The molecule has 10 heavy (non-hydrogen) atoms. The SMILES string of the molecule is CC=CC1CCC=CC1C. The summed E-state index contributed by atoms with van der Waals surface area (Å²) in [4.78, 5) is 0. The summed E-state index contributed by atoms with van der Waals surface area (Å²) in [5.41, 5.74) is 0. The Morgan fingerprint density at radius 2 is 2.30 bits per heavy atom. The third kappa shape index (κ3) is 1.73. The standard InChI is InChI=1S/C10H16/c1-3-6-10-8-5-4-7-9(10)2/h3-4,6-7,9-10H,5,8H2,1-2H3. The van der Waals surface area contributed by atoms with Crippen molar-refractivity contribution in [3.05, 3.63) is 24.3 Å². The van der Waals surface area contributed by atoms with Gasteiger partial charge in [0.2, 0.25) is 0 Å². The normalized spacial score (nSPS) is 33.4. The second-order valence-corrected chi connectivity index (χ2v) is 3.05. The molecule has 0 nitrogen and oxygen atoms in total. The van der Waals surface area contributed by atoms with E-state index < -0.39 is 0 Å². The minimum absolute atomic E-state index is 0.755. The van der Waals surface area contributed by atoms with E-state index in [2.05, 4.69) is 38.2 Å². The average molecular weight is 136 g/mol. The van der Waals surface area contributed by atoms with Gasteiger partial charge in [-0.15, -0.1) is 0 Å². The molecule has 0 saturated carbocycles. The van der Waals surface area contributed by atoms with E-state index in [0.717, 1.165) is 11.8 Å². The minimum Gasteiger partial charge on any atom is -0.0914 e. The van der Waals surface area contributed by atoms with Crippen molar-refractivity contribution in [3.63, 3.8) is 0 Å². The molecule has 1 aliphatic carbocycles. The summed E-state index contributed by atoms with van der Waals surface area (Å²) in [7, 11) is 0. The molecule has 0 heterocycles. The van der Waals surface area contributed by atoms with E-state index in [1.54, 1.807) is 0 Å². The van der Waals surface area contributed by atoms with E-state index in [1.807, 2.05) is 0 Å². The smallest absolute Gasteiger partial charge is 0.0170 e. The van der Waals surface area contributed by atoms with Gasteiger partial charge in [-0.2, -0.15) is 0 Å². The van der Waals surface area contributed by atoms with Crippen LogP contribution in [0.15, 0.2) is 24.3 Å². The Bertz CT molecular complexity index is 142. The Balaban J connectivity index is 2.52. The van der Waals surface area contributed by atoms with Crippen LogP contribution in [0.3, 0.4) is 0 Å². The van der Waals surface area contributed by atoms with Crippen molar-refractivity contribution in [2.45, 2.75) is 26.7 Å². The van der Waals surface area contributed by atoms with Crippen LogP contribution in [-0.4, -0.2) is 0 Å². The van der Waals surface area contributed by atoms with Crippen LogP contribution >= 0.6 is 0 Å². The zero-order valence-electron chi connectivity index (χ0n) is 6.88. The maximum Gasteiger partial charge on any atom is -0.0170 e. The lowest BCUT2D eigenvalue weighted by Crippen LogP contribution is -2.09. The fourth-order valence-corrected chi connectivity index (χ4v) is 1.52. The van der Waals surface area contributed by atoms with E-state index in [4.69, 9.17) is 0 Å². The second-order valence-electron chi connectivity index (χ2n) is 3.05. The third-order valence-electron chi connectivity index (χ3n) is 2.22. The van der Waals surface area contributed by atoms with Gasteiger partial charge in [-0.1, -0.05) is 31.2 Å². The van der Waals surface area contributed by atoms with Gasteiger partial charge in [0.05, 0.1) is 0 Å². The van der Waals surface area contributed by atoms with Crippen LogP contribution in [0, 0.1) is 11.8 Å². The van der Waals surface area contributed by atoms with Gasteiger partial charge in [0.15, 0.2) is 0 Å². The molecule has 0 aromatic rings. The monoisotopic (exact) mass is 136 g/mol. The molecule has 0 spiro atoms. The highest BCUT2D eigenvalue weighted by Gasteiger charge is 2.13. The van der Waals surface area contributed by atoms with Crippen molar-refractivity contribution in [2.24, 2.45) is 11.8 Å². The number of hydrogen-bond acceptors (Lipinski definition) is 0. The molecule has 2 unspecified atom stereocenters. The maximum absolute atomic E-state index is 2.33. The molecule has 1 rings (SSSR count). The zero-order chi connectivity index (χ0) is 7.40. The van der Waals surface area contributed by atoms with Crippen LogP contribution in [0.4, 0.5) is 0 Å². The first kappa shape index (κ1) is 7.59. The van der Waals surface area contributed by atoms with Crippen molar-refractivity contribution >= 4 is 0 Å². The van der Waals surface area contributed by atoms with Gasteiger partial charge in [0.1, 0.15) is 0 Å². The molecule has 56 valence electrons. The summed E-state index contributed by atoms with van der Waals surface area (Å²) in [6, 6.07) is 0. The van der Waals surface area contributed by atoms with Crippen LogP contribution in [0.25, 0.3) is 0 Å². The van der Waals surface area contributed by atoms with Gasteiger partial charge in [0.25, 0.3) is 0 Å². The van der Waals surface area contributed by atoms with Gasteiger partial charge in [0, 0.05) is 0 Å². The highest BCUT2D eigenvalue weighted by atomic mass is 14.2. The van der Waals surface area contributed by atoms with Crippen LogP contribution in [0.5, 0.6) is 0 Å². The first-order valence-electron chi connectivity index (χ1n) is 4.14. The predicted octanol–water partition coefficient (Wildman–Crippen LogP) is 3.16. The van der Waals surface area contributed by atoms with Gasteiger partial charge in [-0.3, -0.25) is 0 Å². The third-order valence-corrected chi connectivity index (χ3v) is 2.22.